The molecule has 0 spiro atoms. The van der Waals surface area contributed by atoms with Crippen molar-refractivity contribution in [1.29, 1.82) is 0 Å². The van der Waals surface area contributed by atoms with Crippen molar-refractivity contribution in [3.05, 3.63) is 46.5 Å². The van der Waals surface area contributed by atoms with Gasteiger partial charge in [-0.05, 0) is 37.1 Å². The Morgan fingerprint density at radius 3 is 2.33 bits per heavy atom. The van der Waals surface area contributed by atoms with Gasteiger partial charge >= 0.3 is 0 Å². The Morgan fingerprint density at radius 2 is 1.72 bits per heavy atom. The summed E-state index contributed by atoms with van der Waals surface area (Å²) in [4.78, 5) is 0. The number of nitrogen functional groups attached to an aromatic ring is 1. The highest BCUT2D eigenvalue weighted by atomic mass is 35.5. The first-order chi connectivity index (χ1) is 8.54. The molecule has 0 aliphatic carbocycles. The van der Waals surface area contributed by atoms with Crippen LogP contribution in [0.2, 0.25) is 5.02 Å². The van der Waals surface area contributed by atoms with Crippen LogP contribution < -0.4 is 10.5 Å². The Balaban J connectivity index is 2.67. The van der Waals surface area contributed by atoms with Crippen molar-refractivity contribution in [2.75, 3.05) is 12.8 Å². The fraction of sp³-hybridized carbons (Fsp3) is 0.200. The maximum Gasteiger partial charge on any atom is 0.129 e. The maximum absolute atomic E-state index is 6.25. The normalized spacial score (nSPS) is 10.4. The average Bonchev–Trinajstić information content (AvgIpc) is 2.33. The molecule has 0 saturated heterocycles. The molecule has 0 aliphatic rings. The van der Waals surface area contributed by atoms with Crippen LogP contribution in [-0.4, -0.2) is 7.11 Å². The summed E-state index contributed by atoms with van der Waals surface area (Å²) in [6, 6.07) is 9.62. The van der Waals surface area contributed by atoms with E-state index in [0.717, 1.165) is 22.4 Å². The fourth-order valence-corrected chi connectivity index (χ4v) is 2.31. The molecule has 2 rings (SSSR count). The summed E-state index contributed by atoms with van der Waals surface area (Å²) >= 11 is 6.25. The third-order valence-corrected chi connectivity index (χ3v) is 3.48. The smallest absolute Gasteiger partial charge is 0.129 e. The molecule has 0 bridgehead atoms. The van der Waals surface area contributed by atoms with Crippen LogP contribution in [0.3, 0.4) is 0 Å². The maximum atomic E-state index is 6.25. The van der Waals surface area contributed by atoms with Gasteiger partial charge in [0.15, 0.2) is 0 Å². The number of halogens is 1. The minimum Gasteiger partial charge on any atom is -0.496 e. The van der Waals surface area contributed by atoms with Gasteiger partial charge in [-0.3, -0.25) is 0 Å². The molecule has 2 aromatic carbocycles. The van der Waals surface area contributed by atoms with Crippen molar-refractivity contribution in [3.8, 4) is 16.9 Å². The molecule has 2 nitrogen and oxygen atoms in total. The number of methoxy groups -OCH3 is 1. The largest absolute Gasteiger partial charge is 0.496 e. The van der Waals surface area contributed by atoms with E-state index in [1.807, 2.05) is 25.1 Å². The number of ether oxygens (including phenoxy) is 1. The molecule has 0 aliphatic heterocycles. The van der Waals surface area contributed by atoms with Crippen molar-refractivity contribution in [1.82, 2.24) is 0 Å². The van der Waals surface area contributed by atoms with Gasteiger partial charge in [-0.15, -0.1) is 0 Å². The monoisotopic (exact) mass is 261 g/mol. The van der Waals surface area contributed by atoms with Gasteiger partial charge in [-0.2, -0.15) is 0 Å². The van der Waals surface area contributed by atoms with Crippen LogP contribution in [0.4, 0.5) is 5.69 Å². The predicted octanol–water partition coefficient (Wildman–Crippen LogP) is 4.21. The van der Waals surface area contributed by atoms with Crippen molar-refractivity contribution in [2.45, 2.75) is 13.8 Å². The number of anilines is 1. The summed E-state index contributed by atoms with van der Waals surface area (Å²) in [6.07, 6.45) is 0. The lowest BCUT2D eigenvalue weighted by atomic mass is 9.98. The third kappa shape index (κ3) is 2.16. The van der Waals surface area contributed by atoms with Gasteiger partial charge in [0.05, 0.1) is 12.1 Å². The van der Waals surface area contributed by atoms with Crippen molar-refractivity contribution in [3.63, 3.8) is 0 Å². The molecule has 18 heavy (non-hydrogen) atoms. The van der Waals surface area contributed by atoms with E-state index >= 15 is 0 Å². The Kier molecular flexibility index (Phi) is 3.48. The molecule has 0 unspecified atom stereocenters. The number of hydrogen-bond donors (Lipinski definition) is 1. The second-order valence-corrected chi connectivity index (χ2v) is 4.73. The molecule has 0 saturated carbocycles. The molecule has 3 heteroatoms. The topological polar surface area (TPSA) is 35.2 Å². The Labute approximate surface area is 112 Å². The van der Waals surface area contributed by atoms with Gasteiger partial charge in [-0.1, -0.05) is 29.8 Å². The van der Waals surface area contributed by atoms with Gasteiger partial charge in [0, 0.05) is 16.8 Å². The lowest BCUT2D eigenvalue weighted by molar-refractivity contribution is 0.413. The van der Waals surface area contributed by atoms with Gasteiger partial charge in [0.25, 0.3) is 0 Å². The molecule has 0 atom stereocenters. The predicted molar refractivity (Wildman–Crippen MR) is 77.3 cm³/mol. The zero-order chi connectivity index (χ0) is 13.3. The standard InChI is InChI=1S/C15H16ClNO/c1-9-4-6-13(15(18-3)10(9)2)12-7-5-11(17)8-14(12)16/h4-8H,17H2,1-3H3. The van der Waals surface area contributed by atoms with Crippen molar-refractivity contribution in [2.24, 2.45) is 0 Å². The van der Waals surface area contributed by atoms with Crippen LogP contribution in [0.5, 0.6) is 5.75 Å². The average molecular weight is 262 g/mol. The summed E-state index contributed by atoms with van der Waals surface area (Å²) in [5.74, 6) is 0.863. The summed E-state index contributed by atoms with van der Waals surface area (Å²) in [7, 11) is 1.68. The zero-order valence-electron chi connectivity index (χ0n) is 10.8. The van der Waals surface area contributed by atoms with E-state index in [1.54, 1.807) is 13.2 Å². The molecular formula is C15H16ClNO. The molecule has 94 valence electrons. The molecule has 0 heterocycles. The quantitative estimate of drug-likeness (QED) is 0.822. The van der Waals surface area contributed by atoms with Gasteiger partial charge in [0.1, 0.15) is 5.75 Å². The van der Waals surface area contributed by atoms with E-state index < -0.39 is 0 Å². The van der Waals surface area contributed by atoms with Crippen LogP contribution in [0, 0.1) is 13.8 Å². The highest BCUT2D eigenvalue weighted by molar-refractivity contribution is 6.33. The van der Waals surface area contributed by atoms with E-state index in [4.69, 9.17) is 22.1 Å². The van der Waals surface area contributed by atoms with Gasteiger partial charge < -0.3 is 10.5 Å². The Morgan fingerprint density at radius 1 is 1.06 bits per heavy atom. The minimum atomic E-state index is 0.636. The first kappa shape index (κ1) is 12.8. The summed E-state index contributed by atoms with van der Waals surface area (Å²) < 4.78 is 5.51. The summed E-state index contributed by atoms with van der Waals surface area (Å²) in [5.41, 5.74) is 10.6. The van der Waals surface area contributed by atoms with Crippen LogP contribution in [0.15, 0.2) is 30.3 Å². The first-order valence-corrected chi connectivity index (χ1v) is 6.12. The van der Waals surface area contributed by atoms with Crippen LogP contribution >= 0.6 is 11.6 Å². The molecule has 0 radical (unpaired) electrons. The molecule has 0 aromatic heterocycles. The molecule has 0 amide bonds. The third-order valence-electron chi connectivity index (χ3n) is 3.16. The number of hydrogen-bond acceptors (Lipinski definition) is 2. The van der Waals surface area contributed by atoms with Crippen LogP contribution in [0.25, 0.3) is 11.1 Å². The highest BCUT2D eigenvalue weighted by Crippen LogP contribution is 2.38. The van der Waals surface area contributed by atoms with E-state index in [-0.39, 0.29) is 0 Å². The second-order valence-electron chi connectivity index (χ2n) is 4.33. The van der Waals surface area contributed by atoms with Gasteiger partial charge in [-0.25, -0.2) is 0 Å². The van der Waals surface area contributed by atoms with E-state index in [9.17, 15) is 0 Å². The lowest BCUT2D eigenvalue weighted by Gasteiger charge is -2.14. The second kappa shape index (κ2) is 4.91. The van der Waals surface area contributed by atoms with Crippen LogP contribution in [-0.2, 0) is 0 Å². The summed E-state index contributed by atoms with van der Waals surface area (Å²) in [6.45, 7) is 4.11. The lowest BCUT2D eigenvalue weighted by Crippen LogP contribution is -1.94. The molecule has 2 aromatic rings. The number of rotatable bonds is 2. The number of aryl methyl sites for hydroxylation is 1. The van der Waals surface area contributed by atoms with E-state index in [0.29, 0.717) is 10.7 Å². The van der Waals surface area contributed by atoms with Crippen molar-refractivity contribution >= 4 is 17.3 Å². The van der Waals surface area contributed by atoms with Crippen molar-refractivity contribution < 1.29 is 4.74 Å². The SMILES string of the molecule is COc1c(-c2ccc(N)cc2Cl)ccc(C)c1C. The van der Waals surface area contributed by atoms with Crippen LogP contribution in [0.1, 0.15) is 11.1 Å². The summed E-state index contributed by atoms with van der Waals surface area (Å²) in [5, 5.41) is 0.636. The molecular weight excluding hydrogens is 246 g/mol. The Bertz CT molecular complexity index is 593. The van der Waals surface area contributed by atoms with E-state index in [1.165, 1.54) is 5.56 Å². The molecule has 2 N–H and O–H groups in total. The number of benzene rings is 2. The molecule has 0 fully saturated rings. The zero-order valence-corrected chi connectivity index (χ0v) is 11.5. The first-order valence-electron chi connectivity index (χ1n) is 5.74. The highest BCUT2D eigenvalue weighted by Gasteiger charge is 2.13. The number of nitrogens with two attached hydrogens (primary N) is 1. The van der Waals surface area contributed by atoms with E-state index in [2.05, 4.69) is 13.0 Å². The minimum absolute atomic E-state index is 0.636. The van der Waals surface area contributed by atoms with Gasteiger partial charge in [0.2, 0.25) is 0 Å². The Hall–Kier alpha value is -1.67. The fourth-order valence-electron chi connectivity index (χ4n) is 2.02.